The van der Waals surface area contributed by atoms with Crippen molar-refractivity contribution < 1.29 is 9.84 Å². The number of rotatable bonds is 3. The van der Waals surface area contributed by atoms with Gasteiger partial charge >= 0.3 is 0 Å². The van der Waals surface area contributed by atoms with E-state index in [1.165, 1.54) is 0 Å². The number of nitrogens with zero attached hydrogens (tertiary/aromatic N) is 3. The Labute approximate surface area is 111 Å². The van der Waals surface area contributed by atoms with Crippen LogP contribution in [0.4, 0.5) is 0 Å². The molecule has 1 aliphatic heterocycles. The van der Waals surface area contributed by atoms with Crippen LogP contribution >= 0.6 is 0 Å². The highest BCUT2D eigenvalue weighted by molar-refractivity contribution is 5.56. The lowest BCUT2D eigenvalue weighted by atomic mass is 10.00. The number of benzene rings is 1. The number of ether oxygens (including phenoxy) is 1. The van der Waals surface area contributed by atoms with E-state index in [-0.39, 0.29) is 6.61 Å². The fraction of sp³-hybridized carbons (Fsp3) is 0.429. The Morgan fingerprint density at radius 2 is 2.11 bits per heavy atom. The maximum absolute atomic E-state index is 9.31. The maximum atomic E-state index is 9.31. The van der Waals surface area contributed by atoms with E-state index in [1.54, 1.807) is 7.11 Å². The van der Waals surface area contributed by atoms with Gasteiger partial charge in [-0.3, -0.25) is 0 Å². The molecule has 0 fully saturated rings. The Morgan fingerprint density at radius 1 is 1.32 bits per heavy atom. The maximum Gasteiger partial charge on any atom is 0.163 e. The number of aryl methyl sites for hydroxylation is 1. The number of aromatic nitrogens is 3. The smallest absolute Gasteiger partial charge is 0.163 e. The fourth-order valence-electron chi connectivity index (χ4n) is 2.50. The molecule has 19 heavy (non-hydrogen) atoms. The molecule has 1 aromatic carbocycles. The van der Waals surface area contributed by atoms with E-state index in [4.69, 9.17) is 4.74 Å². The lowest BCUT2D eigenvalue weighted by molar-refractivity contribution is 0.191. The molecule has 0 aliphatic carbocycles. The van der Waals surface area contributed by atoms with Crippen LogP contribution in [0.2, 0.25) is 0 Å². The molecule has 0 bridgehead atoms. The van der Waals surface area contributed by atoms with Crippen LogP contribution in [-0.2, 0) is 13.0 Å². The summed E-state index contributed by atoms with van der Waals surface area (Å²) in [6.45, 7) is 1.01. The van der Waals surface area contributed by atoms with E-state index >= 15 is 0 Å². The number of methoxy groups -OCH3 is 1. The quantitative estimate of drug-likeness (QED) is 0.907. The molecule has 0 spiro atoms. The van der Waals surface area contributed by atoms with Crippen LogP contribution < -0.4 is 4.74 Å². The first-order valence-electron chi connectivity index (χ1n) is 6.49. The lowest BCUT2D eigenvalue weighted by Crippen LogP contribution is -2.23. The van der Waals surface area contributed by atoms with Gasteiger partial charge in [0.05, 0.1) is 7.11 Å². The molecule has 1 atom stereocenters. The van der Waals surface area contributed by atoms with E-state index in [1.807, 2.05) is 24.3 Å². The standard InChI is InChI=1S/C14H17N3O2/c1-19-12-5-3-11(4-6-12)14-16-15-13-7-2-10(9-18)8-17(13)14/h3-6,10,18H,2,7-9H2,1H3. The van der Waals surface area contributed by atoms with Crippen molar-refractivity contribution >= 4 is 0 Å². The van der Waals surface area contributed by atoms with Gasteiger partial charge in [-0.1, -0.05) is 0 Å². The molecule has 1 N–H and O–H groups in total. The average Bonchev–Trinajstić information content (AvgIpc) is 2.90. The third kappa shape index (κ3) is 2.21. The zero-order valence-corrected chi connectivity index (χ0v) is 10.9. The third-order valence-electron chi connectivity index (χ3n) is 3.65. The summed E-state index contributed by atoms with van der Waals surface area (Å²) in [7, 11) is 1.65. The second-order valence-electron chi connectivity index (χ2n) is 4.87. The van der Waals surface area contributed by atoms with Gasteiger partial charge in [-0.2, -0.15) is 0 Å². The highest BCUT2D eigenvalue weighted by Gasteiger charge is 2.22. The first-order chi connectivity index (χ1) is 9.31. The zero-order chi connectivity index (χ0) is 13.2. The van der Waals surface area contributed by atoms with Crippen molar-refractivity contribution in [1.82, 2.24) is 14.8 Å². The van der Waals surface area contributed by atoms with E-state index in [0.29, 0.717) is 5.92 Å². The van der Waals surface area contributed by atoms with Crippen LogP contribution in [0.3, 0.4) is 0 Å². The van der Waals surface area contributed by atoms with Crippen molar-refractivity contribution in [1.29, 1.82) is 0 Å². The van der Waals surface area contributed by atoms with E-state index in [9.17, 15) is 5.11 Å². The van der Waals surface area contributed by atoms with Crippen molar-refractivity contribution in [3.05, 3.63) is 30.1 Å². The molecule has 0 amide bonds. The minimum Gasteiger partial charge on any atom is -0.497 e. The SMILES string of the molecule is COc1ccc(-c2nnc3n2CC(CO)CC3)cc1. The van der Waals surface area contributed by atoms with Gasteiger partial charge in [0.15, 0.2) is 5.82 Å². The predicted molar refractivity (Wildman–Crippen MR) is 70.9 cm³/mol. The predicted octanol–water partition coefficient (Wildman–Crippen LogP) is 1.51. The van der Waals surface area contributed by atoms with Crippen molar-refractivity contribution in [3.63, 3.8) is 0 Å². The lowest BCUT2D eigenvalue weighted by Gasteiger charge is -2.22. The highest BCUT2D eigenvalue weighted by atomic mass is 16.5. The molecule has 5 nitrogen and oxygen atoms in total. The van der Waals surface area contributed by atoms with Gasteiger partial charge in [-0.25, -0.2) is 0 Å². The molecule has 1 aliphatic rings. The second kappa shape index (κ2) is 5.01. The molecule has 1 unspecified atom stereocenters. The average molecular weight is 259 g/mol. The molecule has 5 heteroatoms. The normalized spacial score (nSPS) is 18.1. The van der Waals surface area contributed by atoms with Gasteiger partial charge in [0.2, 0.25) is 0 Å². The second-order valence-corrected chi connectivity index (χ2v) is 4.87. The molecule has 1 aromatic heterocycles. The Kier molecular flexibility index (Phi) is 3.21. The van der Waals surface area contributed by atoms with Crippen LogP contribution in [-0.4, -0.2) is 33.6 Å². The molecule has 0 saturated heterocycles. The highest BCUT2D eigenvalue weighted by Crippen LogP contribution is 2.26. The molecule has 100 valence electrons. The molecule has 3 rings (SSSR count). The van der Waals surface area contributed by atoms with Crippen molar-refractivity contribution in [2.75, 3.05) is 13.7 Å². The van der Waals surface area contributed by atoms with E-state index in [2.05, 4.69) is 14.8 Å². The van der Waals surface area contributed by atoms with E-state index in [0.717, 1.165) is 42.3 Å². The van der Waals surface area contributed by atoms with Crippen molar-refractivity contribution in [2.45, 2.75) is 19.4 Å². The number of hydrogen-bond acceptors (Lipinski definition) is 4. The summed E-state index contributed by atoms with van der Waals surface area (Å²) in [4.78, 5) is 0. The minimum absolute atomic E-state index is 0.222. The molecule has 2 aromatic rings. The molecule has 2 heterocycles. The molecular weight excluding hydrogens is 242 g/mol. The Hall–Kier alpha value is -1.88. The van der Waals surface area contributed by atoms with Crippen molar-refractivity contribution in [3.8, 4) is 17.1 Å². The number of fused-ring (bicyclic) bond motifs is 1. The summed E-state index contributed by atoms with van der Waals surface area (Å²) in [5.41, 5.74) is 1.03. The van der Waals surface area contributed by atoms with Gasteiger partial charge in [-0.15, -0.1) is 10.2 Å². The van der Waals surface area contributed by atoms with Gasteiger partial charge in [-0.05, 0) is 30.7 Å². The van der Waals surface area contributed by atoms with Gasteiger partial charge < -0.3 is 14.4 Å². The number of aliphatic hydroxyl groups is 1. The van der Waals surface area contributed by atoms with Crippen LogP contribution in [0.25, 0.3) is 11.4 Å². The third-order valence-corrected chi connectivity index (χ3v) is 3.65. The fourth-order valence-corrected chi connectivity index (χ4v) is 2.50. The number of hydrogen-bond donors (Lipinski definition) is 1. The first kappa shape index (κ1) is 12.2. The van der Waals surface area contributed by atoms with Crippen LogP contribution in [0.15, 0.2) is 24.3 Å². The summed E-state index contributed by atoms with van der Waals surface area (Å²) in [5, 5.41) is 17.8. The van der Waals surface area contributed by atoms with Gasteiger partial charge in [0.25, 0.3) is 0 Å². The topological polar surface area (TPSA) is 60.2 Å². The molecule has 0 saturated carbocycles. The van der Waals surface area contributed by atoms with Gasteiger partial charge in [0.1, 0.15) is 11.6 Å². The summed E-state index contributed by atoms with van der Waals surface area (Å²) in [6.07, 6.45) is 1.87. The Bertz CT molecular complexity index is 563. The van der Waals surface area contributed by atoms with Crippen LogP contribution in [0.1, 0.15) is 12.2 Å². The van der Waals surface area contributed by atoms with Crippen LogP contribution in [0, 0.1) is 5.92 Å². The monoisotopic (exact) mass is 259 g/mol. The van der Waals surface area contributed by atoms with Crippen LogP contribution in [0.5, 0.6) is 5.75 Å². The van der Waals surface area contributed by atoms with E-state index < -0.39 is 0 Å². The zero-order valence-electron chi connectivity index (χ0n) is 10.9. The summed E-state index contributed by atoms with van der Waals surface area (Å²) < 4.78 is 7.27. The Morgan fingerprint density at radius 3 is 2.79 bits per heavy atom. The summed E-state index contributed by atoms with van der Waals surface area (Å²) in [6, 6.07) is 7.81. The summed E-state index contributed by atoms with van der Waals surface area (Å²) >= 11 is 0. The summed E-state index contributed by atoms with van der Waals surface area (Å²) in [5.74, 6) is 3.02. The first-order valence-corrected chi connectivity index (χ1v) is 6.49. The molecule has 0 radical (unpaired) electrons. The Balaban J connectivity index is 1.95. The largest absolute Gasteiger partial charge is 0.497 e. The van der Waals surface area contributed by atoms with Gasteiger partial charge in [0, 0.05) is 31.1 Å². The molecular formula is C14H17N3O2. The van der Waals surface area contributed by atoms with Crippen molar-refractivity contribution in [2.24, 2.45) is 5.92 Å². The minimum atomic E-state index is 0.222. The number of aliphatic hydroxyl groups excluding tert-OH is 1.